The normalized spacial score (nSPS) is 11.1. The Balaban J connectivity index is 1.21. The van der Waals surface area contributed by atoms with Gasteiger partial charge in [0, 0.05) is 35.6 Å². The molecule has 11 heteroatoms. The van der Waals surface area contributed by atoms with Gasteiger partial charge in [0.15, 0.2) is 0 Å². The van der Waals surface area contributed by atoms with Crippen LogP contribution in [0.15, 0.2) is 125 Å². The van der Waals surface area contributed by atoms with Gasteiger partial charge in [-0.05, 0) is 73.2 Å². The van der Waals surface area contributed by atoms with Crippen molar-refractivity contribution in [2.75, 3.05) is 16.4 Å². The Hall–Kier alpha value is -5.68. The summed E-state index contributed by atoms with van der Waals surface area (Å²) in [6.07, 6.45) is 4.75. The van der Waals surface area contributed by atoms with E-state index >= 15 is 0 Å². The molecule has 0 saturated heterocycles. The Bertz CT molecular complexity index is 1900. The van der Waals surface area contributed by atoms with Crippen LogP contribution in [0.2, 0.25) is 0 Å². The molecule has 45 heavy (non-hydrogen) atoms. The smallest absolute Gasteiger partial charge is 0.295 e. The quantitative estimate of drug-likeness (QED) is 0.149. The van der Waals surface area contributed by atoms with E-state index in [2.05, 4.69) is 20.9 Å². The van der Waals surface area contributed by atoms with E-state index in [0.717, 1.165) is 4.90 Å². The van der Waals surface area contributed by atoms with Gasteiger partial charge in [0.05, 0.1) is 17.1 Å². The maximum atomic E-state index is 13.2. The predicted octanol–water partition coefficient (Wildman–Crippen LogP) is 5.02. The van der Waals surface area contributed by atoms with Gasteiger partial charge >= 0.3 is 0 Å². The van der Waals surface area contributed by atoms with Crippen molar-refractivity contribution in [1.29, 1.82) is 0 Å². The number of nitrogens with zero attached hydrogens (tertiary/aromatic N) is 3. The molecule has 0 atom stereocenters. The zero-order valence-electron chi connectivity index (χ0n) is 24.6. The van der Waals surface area contributed by atoms with E-state index in [1.54, 1.807) is 104 Å². The number of carbonyl (C=O) groups excluding carboxylic acids is 3. The van der Waals surface area contributed by atoms with E-state index in [-0.39, 0.29) is 28.6 Å². The molecule has 0 saturated carbocycles. The van der Waals surface area contributed by atoms with E-state index in [9.17, 15) is 19.2 Å². The standard InChI is InChI=1S/C34H30N6O4S/c1-23-31(34(44)40(39(23)2)27-13-7-4-8-14-27)38-30(41)22-45-28-17-15-26(16-18-28)36-33(43)29(20-24-10-9-19-35-21-24)37-32(42)25-11-5-3-6-12-25/h3-21H,22H2,1-2H3,(H,36,43)(H,37,42)(H,38,41)/b29-20-. The molecule has 0 radical (unpaired) electrons. The zero-order chi connectivity index (χ0) is 31.8. The van der Waals surface area contributed by atoms with Gasteiger partial charge in [0.2, 0.25) is 5.91 Å². The molecule has 0 aliphatic carbocycles. The Morgan fingerprint density at radius 3 is 2.22 bits per heavy atom. The molecule has 2 heterocycles. The lowest BCUT2D eigenvalue weighted by molar-refractivity contribution is -0.114. The van der Waals surface area contributed by atoms with E-state index in [4.69, 9.17) is 0 Å². The molecule has 0 bridgehead atoms. The Morgan fingerprint density at radius 1 is 0.867 bits per heavy atom. The first kappa shape index (κ1) is 30.8. The number of pyridine rings is 1. The first-order valence-corrected chi connectivity index (χ1v) is 14.9. The molecule has 3 aromatic carbocycles. The number of thioether (sulfide) groups is 1. The number of rotatable bonds is 10. The van der Waals surface area contributed by atoms with Gasteiger partial charge in [-0.2, -0.15) is 0 Å². The third-order valence-corrected chi connectivity index (χ3v) is 7.84. The van der Waals surface area contributed by atoms with E-state index < -0.39 is 11.8 Å². The van der Waals surface area contributed by atoms with Crippen LogP contribution in [0.3, 0.4) is 0 Å². The first-order chi connectivity index (χ1) is 21.8. The van der Waals surface area contributed by atoms with Crippen molar-refractivity contribution < 1.29 is 14.4 Å². The van der Waals surface area contributed by atoms with Crippen molar-refractivity contribution in [3.05, 3.63) is 142 Å². The molecule has 0 aliphatic heterocycles. The van der Waals surface area contributed by atoms with Crippen molar-refractivity contribution >= 4 is 46.9 Å². The molecule has 0 fully saturated rings. The molecule has 5 rings (SSSR count). The maximum Gasteiger partial charge on any atom is 0.295 e. The van der Waals surface area contributed by atoms with Crippen LogP contribution in [0, 0.1) is 6.92 Å². The molecule has 0 unspecified atom stereocenters. The van der Waals surface area contributed by atoms with Crippen molar-refractivity contribution in [3.8, 4) is 5.69 Å². The van der Waals surface area contributed by atoms with Gasteiger partial charge in [-0.25, -0.2) is 4.68 Å². The fraction of sp³-hybridized carbons (Fsp3) is 0.0882. The lowest BCUT2D eigenvalue weighted by Crippen LogP contribution is -2.30. The maximum absolute atomic E-state index is 13.2. The Morgan fingerprint density at radius 2 is 1.56 bits per heavy atom. The van der Waals surface area contributed by atoms with Crippen LogP contribution in [0.1, 0.15) is 21.6 Å². The average molecular weight is 619 g/mol. The molecule has 0 aliphatic rings. The topological polar surface area (TPSA) is 127 Å². The van der Waals surface area contributed by atoms with Crippen molar-refractivity contribution in [1.82, 2.24) is 19.7 Å². The van der Waals surface area contributed by atoms with Crippen LogP contribution >= 0.6 is 11.8 Å². The SMILES string of the molecule is Cc1c(NC(=O)CSc2ccc(NC(=O)/C(=C/c3cccnc3)NC(=O)c3ccccc3)cc2)c(=O)n(-c2ccccc2)n1C. The second-order valence-corrected chi connectivity index (χ2v) is 11.0. The number of nitrogens with one attached hydrogen (secondary N) is 3. The van der Waals surface area contributed by atoms with Gasteiger partial charge in [-0.3, -0.25) is 28.8 Å². The fourth-order valence-corrected chi connectivity index (χ4v) is 5.14. The summed E-state index contributed by atoms with van der Waals surface area (Å²) < 4.78 is 3.22. The molecular weight excluding hydrogens is 588 g/mol. The summed E-state index contributed by atoms with van der Waals surface area (Å²) in [5.41, 5.74) is 2.88. The summed E-state index contributed by atoms with van der Waals surface area (Å²) in [6, 6.07) is 28.3. The first-order valence-electron chi connectivity index (χ1n) is 14.0. The monoisotopic (exact) mass is 618 g/mol. The number of para-hydroxylation sites is 1. The second kappa shape index (κ2) is 14.2. The van der Waals surface area contributed by atoms with Crippen molar-refractivity contribution in [2.45, 2.75) is 11.8 Å². The van der Waals surface area contributed by atoms with E-state index in [1.165, 1.54) is 16.4 Å². The van der Waals surface area contributed by atoms with Crippen molar-refractivity contribution in [3.63, 3.8) is 0 Å². The molecule has 10 nitrogen and oxygen atoms in total. The predicted molar refractivity (Wildman–Crippen MR) is 176 cm³/mol. The number of hydrogen-bond donors (Lipinski definition) is 3. The highest BCUT2D eigenvalue weighted by Crippen LogP contribution is 2.22. The van der Waals surface area contributed by atoms with Gasteiger partial charge in [-0.1, -0.05) is 42.5 Å². The third kappa shape index (κ3) is 7.64. The second-order valence-electron chi connectivity index (χ2n) is 9.92. The summed E-state index contributed by atoms with van der Waals surface area (Å²) >= 11 is 1.29. The van der Waals surface area contributed by atoms with Gasteiger partial charge in [-0.15, -0.1) is 11.8 Å². The number of carbonyl (C=O) groups is 3. The molecule has 3 amide bonds. The number of aromatic nitrogens is 3. The summed E-state index contributed by atoms with van der Waals surface area (Å²) in [4.78, 5) is 56.8. The molecule has 2 aromatic heterocycles. The van der Waals surface area contributed by atoms with Crippen molar-refractivity contribution in [2.24, 2.45) is 7.05 Å². The van der Waals surface area contributed by atoms with Crippen LogP contribution < -0.4 is 21.5 Å². The van der Waals surface area contributed by atoms with E-state index in [1.807, 2.05) is 30.3 Å². The fourth-order valence-electron chi connectivity index (χ4n) is 4.44. The molecule has 226 valence electrons. The van der Waals surface area contributed by atoms with Crippen LogP contribution in [0.4, 0.5) is 11.4 Å². The van der Waals surface area contributed by atoms with Crippen LogP contribution in [0.25, 0.3) is 11.8 Å². The number of amides is 3. The Labute approximate surface area is 263 Å². The zero-order valence-corrected chi connectivity index (χ0v) is 25.4. The highest BCUT2D eigenvalue weighted by atomic mass is 32.2. The highest BCUT2D eigenvalue weighted by Gasteiger charge is 2.19. The molecule has 5 aromatic rings. The summed E-state index contributed by atoms with van der Waals surface area (Å²) in [5.74, 6) is -1.17. The molecule has 0 spiro atoms. The van der Waals surface area contributed by atoms with Gasteiger partial charge < -0.3 is 16.0 Å². The minimum absolute atomic E-state index is 0.0505. The van der Waals surface area contributed by atoms with Crippen LogP contribution in [-0.2, 0) is 16.6 Å². The summed E-state index contributed by atoms with van der Waals surface area (Å²) in [6.45, 7) is 1.78. The third-order valence-electron chi connectivity index (χ3n) is 6.82. The lowest BCUT2D eigenvalue weighted by atomic mass is 10.2. The Kier molecular flexibility index (Phi) is 9.70. The van der Waals surface area contributed by atoms with Crippen LogP contribution in [-0.4, -0.2) is 37.8 Å². The average Bonchev–Trinajstić information content (AvgIpc) is 3.27. The minimum Gasteiger partial charge on any atom is -0.321 e. The number of benzene rings is 3. The molecule has 3 N–H and O–H groups in total. The van der Waals surface area contributed by atoms with Crippen LogP contribution in [0.5, 0.6) is 0 Å². The summed E-state index contributed by atoms with van der Waals surface area (Å²) in [5, 5.41) is 8.26. The molecular formula is C34H30N6O4S. The van der Waals surface area contributed by atoms with E-state index in [0.29, 0.717) is 28.2 Å². The number of hydrogen-bond acceptors (Lipinski definition) is 6. The lowest BCUT2D eigenvalue weighted by Gasteiger charge is -2.12. The number of anilines is 2. The van der Waals surface area contributed by atoms with Gasteiger partial charge in [0.1, 0.15) is 11.4 Å². The highest BCUT2D eigenvalue weighted by molar-refractivity contribution is 8.00. The van der Waals surface area contributed by atoms with Gasteiger partial charge in [0.25, 0.3) is 17.4 Å². The summed E-state index contributed by atoms with van der Waals surface area (Å²) in [7, 11) is 1.77. The largest absolute Gasteiger partial charge is 0.321 e. The minimum atomic E-state index is -0.512.